The van der Waals surface area contributed by atoms with Crippen molar-refractivity contribution in [3.05, 3.63) is 29.8 Å². The van der Waals surface area contributed by atoms with Gasteiger partial charge in [-0.05, 0) is 38.5 Å². The van der Waals surface area contributed by atoms with Gasteiger partial charge in [0.05, 0.1) is 18.3 Å². The smallest absolute Gasteiger partial charge is 0.322 e. The van der Waals surface area contributed by atoms with Gasteiger partial charge in [-0.2, -0.15) is 0 Å². The van der Waals surface area contributed by atoms with E-state index in [0.717, 1.165) is 11.3 Å². The van der Waals surface area contributed by atoms with Crippen molar-refractivity contribution in [3.63, 3.8) is 0 Å². The lowest BCUT2D eigenvalue weighted by Crippen LogP contribution is -2.49. The van der Waals surface area contributed by atoms with Gasteiger partial charge in [-0.25, -0.2) is 4.79 Å². The summed E-state index contributed by atoms with van der Waals surface area (Å²) in [5.41, 5.74) is 1.56. The van der Waals surface area contributed by atoms with Gasteiger partial charge in [0.25, 0.3) is 0 Å². The predicted molar refractivity (Wildman–Crippen MR) is 77.7 cm³/mol. The van der Waals surface area contributed by atoms with Crippen molar-refractivity contribution in [2.45, 2.75) is 39.1 Å². The molecular formula is C15H22N2O3. The Labute approximate surface area is 119 Å². The van der Waals surface area contributed by atoms with Crippen LogP contribution in [0.25, 0.3) is 0 Å². The molecule has 3 atom stereocenters. The number of morpholine rings is 1. The molecule has 0 aromatic heterocycles. The molecule has 2 N–H and O–H groups in total. The topological polar surface area (TPSA) is 61.8 Å². The van der Waals surface area contributed by atoms with Gasteiger partial charge in [0.15, 0.2) is 0 Å². The molecule has 1 aliphatic rings. The Morgan fingerprint density at radius 2 is 1.85 bits per heavy atom. The fraction of sp³-hybridized carbons (Fsp3) is 0.533. The lowest BCUT2D eigenvalue weighted by atomic mass is 10.1. The summed E-state index contributed by atoms with van der Waals surface area (Å²) in [5.74, 6) is 0. The second-order valence-electron chi connectivity index (χ2n) is 5.39. The van der Waals surface area contributed by atoms with Gasteiger partial charge in [-0.3, -0.25) is 0 Å². The zero-order valence-corrected chi connectivity index (χ0v) is 12.2. The minimum Gasteiger partial charge on any atom is -0.389 e. The number of carbonyl (C=O) groups excluding carboxylic acids is 1. The molecule has 1 heterocycles. The molecule has 110 valence electrons. The number of urea groups is 1. The first-order chi connectivity index (χ1) is 9.45. The third-order valence-corrected chi connectivity index (χ3v) is 3.35. The summed E-state index contributed by atoms with van der Waals surface area (Å²) >= 11 is 0. The average Bonchev–Trinajstić information content (AvgIpc) is 2.38. The van der Waals surface area contributed by atoms with E-state index >= 15 is 0 Å². The Hall–Kier alpha value is -1.59. The van der Waals surface area contributed by atoms with Crippen LogP contribution < -0.4 is 5.32 Å². The third-order valence-electron chi connectivity index (χ3n) is 3.35. The van der Waals surface area contributed by atoms with Gasteiger partial charge in [-0.15, -0.1) is 0 Å². The van der Waals surface area contributed by atoms with E-state index in [4.69, 9.17) is 4.74 Å². The molecule has 1 fully saturated rings. The molecule has 1 aromatic rings. The number of amides is 2. The predicted octanol–water partition coefficient (Wildman–Crippen LogP) is 2.38. The van der Waals surface area contributed by atoms with E-state index in [1.807, 2.05) is 26.0 Å². The van der Waals surface area contributed by atoms with E-state index in [1.165, 1.54) is 0 Å². The van der Waals surface area contributed by atoms with Gasteiger partial charge in [0, 0.05) is 18.8 Å². The largest absolute Gasteiger partial charge is 0.389 e. The maximum absolute atomic E-state index is 12.2. The highest BCUT2D eigenvalue weighted by Gasteiger charge is 2.25. The number of nitrogens with zero attached hydrogens (tertiary/aromatic N) is 1. The van der Waals surface area contributed by atoms with Crippen LogP contribution in [0.1, 0.15) is 32.4 Å². The van der Waals surface area contributed by atoms with E-state index in [-0.39, 0.29) is 18.2 Å². The Morgan fingerprint density at radius 3 is 2.35 bits per heavy atom. The molecule has 0 radical (unpaired) electrons. The molecule has 1 aliphatic heterocycles. The molecule has 2 rings (SSSR count). The summed E-state index contributed by atoms with van der Waals surface area (Å²) in [6, 6.07) is 7.10. The second kappa shape index (κ2) is 6.24. The number of benzene rings is 1. The van der Waals surface area contributed by atoms with Gasteiger partial charge in [-0.1, -0.05) is 12.1 Å². The number of carbonyl (C=O) groups is 1. The minimum absolute atomic E-state index is 0.0575. The van der Waals surface area contributed by atoms with Gasteiger partial charge in [0.2, 0.25) is 0 Å². The second-order valence-corrected chi connectivity index (χ2v) is 5.39. The number of ether oxygens (including phenoxy) is 1. The van der Waals surface area contributed by atoms with Crippen LogP contribution >= 0.6 is 0 Å². The van der Waals surface area contributed by atoms with Crippen LogP contribution in [0, 0.1) is 0 Å². The highest BCUT2D eigenvalue weighted by Crippen LogP contribution is 2.17. The Morgan fingerprint density at radius 1 is 1.30 bits per heavy atom. The first-order valence-corrected chi connectivity index (χ1v) is 6.95. The number of rotatable bonds is 2. The maximum Gasteiger partial charge on any atom is 0.322 e. The monoisotopic (exact) mass is 278 g/mol. The number of anilines is 1. The van der Waals surface area contributed by atoms with Crippen molar-refractivity contribution in [2.24, 2.45) is 0 Å². The summed E-state index contributed by atoms with van der Waals surface area (Å²) in [6.07, 6.45) is -0.384. The van der Waals surface area contributed by atoms with Crippen LogP contribution in [0.4, 0.5) is 10.5 Å². The molecule has 5 heteroatoms. The molecule has 1 aromatic carbocycles. The normalized spacial score (nSPS) is 24.3. The fourth-order valence-corrected chi connectivity index (χ4v) is 2.39. The fourth-order valence-electron chi connectivity index (χ4n) is 2.39. The molecule has 0 bridgehead atoms. The summed E-state index contributed by atoms with van der Waals surface area (Å²) in [4.78, 5) is 14.0. The third kappa shape index (κ3) is 3.71. The van der Waals surface area contributed by atoms with Crippen molar-refractivity contribution in [3.8, 4) is 0 Å². The number of aliphatic hydroxyl groups is 1. The molecule has 3 unspecified atom stereocenters. The lowest BCUT2D eigenvalue weighted by molar-refractivity contribution is -0.0530. The average molecular weight is 278 g/mol. The summed E-state index contributed by atoms with van der Waals surface area (Å²) < 4.78 is 5.61. The van der Waals surface area contributed by atoms with Crippen molar-refractivity contribution in [1.82, 2.24) is 4.90 Å². The van der Waals surface area contributed by atoms with Crippen LogP contribution in [0.15, 0.2) is 24.3 Å². The lowest BCUT2D eigenvalue weighted by Gasteiger charge is -2.35. The maximum atomic E-state index is 12.2. The van der Waals surface area contributed by atoms with E-state index in [0.29, 0.717) is 13.1 Å². The van der Waals surface area contributed by atoms with Gasteiger partial charge < -0.3 is 20.1 Å². The first-order valence-electron chi connectivity index (χ1n) is 6.95. The van der Waals surface area contributed by atoms with Crippen LogP contribution in [0.2, 0.25) is 0 Å². The van der Waals surface area contributed by atoms with E-state index in [2.05, 4.69) is 5.32 Å². The number of nitrogens with one attached hydrogen (secondary N) is 1. The SMILES string of the molecule is CC1CN(C(=O)Nc2ccc(C(C)O)cc2)CC(C)O1. The van der Waals surface area contributed by atoms with Gasteiger partial charge in [0.1, 0.15) is 0 Å². The Balaban J connectivity index is 1.97. The van der Waals surface area contributed by atoms with Gasteiger partial charge >= 0.3 is 6.03 Å². The summed E-state index contributed by atoms with van der Waals surface area (Å²) in [7, 11) is 0. The molecule has 0 aliphatic carbocycles. The first kappa shape index (κ1) is 14.8. The highest BCUT2D eigenvalue weighted by atomic mass is 16.5. The number of aliphatic hydroxyl groups excluding tert-OH is 1. The standard InChI is InChI=1S/C15H22N2O3/c1-10-8-17(9-11(2)20-10)15(19)16-14-6-4-13(5-7-14)12(3)18/h4-7,10-12,18H,8-9H2,1-3H3,(H,16,19). The van der Waals surface area contributed by atoms with Crippen LogP contribution in [-0.4, -0.2) is 41.3 Å². The highest BCUT2D eigenvalue weighted by molar-refractivity contribution is 5.89. The number of hydrogen-bond acceptors (Lipinski definition) is 3. The van der Waals surface area contributed by atoms with E-state index < -0.39 is 6.10 Å². The molecular weight excluding hydrogens is 256 g/mol. The Kier molecular flexibility index (Phi) is 4.62. The Bertz CT molecular complexity index is 449. The summed E-state index contributed by atoms with van der Waals surface area (Å²) in [6.45, 7) is 6.84. The minimum atomic E-state index is -0.499. The van der Waals surface area contributed by atoms with Crippen LogP contribution in [0.3, 0.4) is 0 Å². The molecule has 5 nitrogen and oxygen atoms in total. The van der Waals surface area contributed by atoms with Crippen molar-refractivity contribution in [1.29, 1.82) is 0 Å². The number of hydrogen-bond donors (Lipinski definition) is 2. The van der Waals surface area contributed by atoms with E-state index in [1.54, 1.807) is 24.0 Å². The van der Waals surface area contributed by atoms with Crippen molar-refractivity contribution >= 4 is 11.7 Å². The van der Waals surface area contributed by atoms with Crippen molar-refractivity contribution in [2.75, 3.05) is 18.4 Å². The molecule has 2 amide bonds. The zero-order valence-electron chi connectivity index (χ0n) is 12.2. The zero-order chi connectivity index (χ0) is 14.7. The van der Waals surface area contributed by atoms with E-state index in [9.17, 15) is 9.90 Å². The van der Waals surface area contributed by atoms with Crippen LogP contribution in [-0.2, 0) is 4.74 Å². The molecule has 0 spiro atoms. The molecule has 20 heavy (non-hydrogen) atoms. The quantitative estimate of drug-likeness (QED) is 0.873. The summed E-state index contributed by atoms with van der Waals surface area (Å²) in [5, 5.41) is 12.3. The molecule has 1 saturated heterocycles. The molecule has 0 saturated carbocycles. The van der Waals surface area contributed by atoms with Crippen LogP contribution in [0.5, 0.6) is 0 Å². The van der Waals surface area contributed by atoms with Crippen molar-refractivity contribution < 1.29 is 14.6 Å².